The summed E-state index contributed by atoms with van der Waals surface area (Å²) < 4.78 is 5.85. The van der Waals surface area contributed by atoms with Gasteiger partial charge >= 0.3 is 6.03 Å². The number of ether oxygens (including phenoxy) is 1. The maximum Gasteiger partial charge on any atom is 0.315 e. The maximum absolute atomic E-state index is 14.2. The van der Waals surface area contributed by atoms with Gasteiger partial charge in [-0.25, -0.2) is 4.79 Å². The van der Waals surface area contributed by atoms with Gasteiger partial charge in [-0.1, -0.05) is 84.2 Å². The zero-order chi connectivity index (χ0) is 33.3. The molecule has 1 aromatic carbocycles. The van der Waals surface area contributed by atoms with Crippen LogP contribution in [0.5, 0.6) is 0 Å². The predicted octanol–water partition coefficient (Wildman–Crippen LogP) is 2.91. The van der Waals surface area contributed by atoms with Gasteiger partial charge in [0.15, 0.2) is 0 Å². The van der Waals surface area contributed by atoms with Crippen molar-refractivity contribution in [2.75, 3.05) is 13.2 Å². The first kappa shape index (κ1) is 34.4. The molecule has 1 aliphatic heterocycles. The number of rotatable bonds is 13. The number of carbonyl (C=O) groups is 5. The lowest BCUT2D eigenvalue weighted by Crippen LogP contribution is -2.62. The Kier molecular flexibility index (Phi) is 10.0. The van der Waals surface area contributed by atoms with Crippen LogP contribution in [-0.4, -0.2) is 71.3 Å². The van der Waals surface area contributed by atoms with E-state index < -0.39 is 52.7 Å². The van der Waals surface area contributed by atoms with Crippen LogP contribution in [0.25, 0.3) is 0 Å². The Bertz CT molecular complexity index is 1290. The number of ketones is 1. The van der Waals surface area contributed by atoms with Gasteiger partial charge in [-0.15, -0.1) is 0 Å². The fraction of sp³-hybridized carbons (Fsp3) is 0.676. The van der Waals surface area contributed by atoms with Gasteiger partial charge in [0.2, 0.25) is 17.6 Å². The van der Waals surface area contributed by atoms with Gasteiger partial charge in [-0.05, 0) is 54.4 Å². The molecule has 5 amide bonds. The summed E-state index contributed by atoms with van der Waals surface area (Å²) >= 11 is 0. The lowest BCUT2D eigenvalue weighted by molar-refractivity contribution is -0.145. The first-order chi connectivity index (χ1) is 20.9. The van der Waals surface area contributed by atoms with Crippen LogP contribution in [0, 0.1) is 28.6 Å². The molecule has 1 aromatic rings. The molecule has 0 spiro atoms. The molecule has 3 aliphatic rings. The van der Waals surface area contributed by atoms with Gasteiger partial charge in [0.05, 0.1) is 24.8 Å². The molecule has 4 rings (SSSR count). The Morgan fingerprint density at radius 2 is 1.67 bits per heavy atom. The third-order valence-corrected chi connectivity index (χ3v) is 9.84. The molecule has 3 unspecified atom stereocenters. The molecule has 0 bridgehead atoms. The summed E-state index contributed by atoms with van der Waals surface area (Å²) in [6, 6.07) is 6.43. The molecule has 0 radical (unpaired) electrons. The zero-order valence-corrected chi connectivity index (χ0v) is 27.8. The number of benzene rings is 1. The number of fused-ring (bicyclic) bond motifs is 1. The number of nitrogens with two attached hydrogens (primary N) is 1. The Balaban J connectivity index is 1.45. The molecule has 11 heteroatoms. The number of hydrogen-bond acceptors (Lipinski definition) is 6. The van der Waals surface area contributed by atoms with Crippen LogP contribution < -0.4 is 21.7 Å². The SMILES string of the molecule is CC(C)(COCc1ccccc1)NC(=O)N[C@H](C(=O)N1CC2C([C@H]1C(=O)NC(CC1CCC1)C(=O)C(N)=O)C2(C)C)C(C)(C)C. The van der Waals surface area contributed by atoms with Gasteiger partial charge in [0, 0.05) is 6.54 Å². The minimum absolute atomic E-state index is 0.101. The average Bonchev–Trinajstić information content (AvgIpc) is 3.24. The molecular weight excluding hydrogens is 574 g/mol. The van der Waals surface area contributed by atoms with E-state index in [0.29, 0.717) is 19.6 Å². The van der Waals surface area contributed by atoms with Crippen LogP contribution >= 0.6 is 0 Å². The molecule has 248 valence electrons. The van der Waals surface area contributed by atoms with Crippen LogP contribution in [0.3, 0.4) is 0 Å². The molecule has 2 saturated carbocycles. The van der Waals surface area contributed by atoms with E-state index in [9.17, 15) is 24.0 Å². The minimum Gasteiger partial charge on any atom is -0.374 e. The summed E-state index contributed by atoms with van der Waals surface area (Å²) in [6.45, 7) is 14.4. The summed E-state index contributed by atoms with van der Waals surface area (Å²) in [7, 11) is 0. The van der Waals surface area contributed by atoms with E-state index in [4.69, 9.17) is 10.5 Å². The number of hydrogen-bond donors (Lipinski definition) is 4. The van der Waals surface area contributed by atoms with Crippen LogP contribution in [0.2, 0.25) is 0 Å². The highest BCUT2D eigenvalue weighted by atomic mass is 16.5. The van der Waals surface area contributed by atoms with Crippen LogP contribution in [0.4, 0.5) is 4.79 Å². The minimum atomic E-state index is -1.08. The molecule has 2 aliphatic carbocycles. The molecule has 0 aromatic heterocycles. The van der Waals surface area contributed by atoms with Gasteiger partial charge in [-0.2, -0.15) is 0 Å². The number of nitrogens with one attached hydrogen (secondary N) is 3. The third-order valence-electron chi connectivity index (χ3n) is 9.84. The standard InChI is InChI=1S/C34H51N5O6/c1-32(2,3)27(37-31(44)38-33(4,5)19-45-18-21-12-9-8-10-13-21)30(43)39-17-22-24(34(22,6)7)25(39)29(42)36-23(26(40)28(35)41)16-20-14-11-15-20/h8-10,12-13,20,22-25,27H,11,14-19H2,1-7H3,(H2,35,41)(H,36,42)(H2,37,38,44)/t22?,23?,24?,25-,27+/m0/s1. The van der Waals surface area contributed by atoms with Gasteiger partial charge < -0.3 is 31.3 Å². The fourth-order valence-corrected chi connectivity index (χ4v) is 6.86. The Morgan fingerprint density at radius 3 is 2.22 bits per heavy atom. The number of likely N-dealkylation sites (tertiary alicyclic amines) is 1. The van der Waals surface area contributed by atoms with E-state index >= 15 is 0 Å². The third kappa shape index (κ3) is 8.04. The van der Waals surface area contributed by atoms with Crippen molar-refractivity contribution in [3.8, 4) is 0 Å². The van der Waals surface area contributed by atoms with E-state index in [-0.39, 0.29) is 35.7 Å². The smallest absolute Gasteiger partial charge is 0.315 e. The summed E-state index contributed by atoms with van der Waals surface area (Å²) in [5.41, 5.74) is 4.78. The van der Waals surface area contributed by atoms with Gasteiger partial charge in [0.1, 0.15) is 12.1 Å². The molecule has 45 heavy (non-hydrogen) atoms. The molecule has 11 nitrogen and oxygen atoms in total. The lowest BCUT2D eigenvalue weighted by atomic mass is 9.80. The first-order valence-electron chi connectivity index (χ1n) is 16.1. The Labute approximate surface area is 266 Å². The number of primary amides is 1. The largest absolute Gasteiger partial charge is 0.374 e. The summed E-state index contributed by atoms with van der Waals surface area (Å²) in [4.78, 5) is 67.4. The quantitative estimate of drug-likeness (QED) is 0.247. The molecule has 3 fully saturated rings. The van der Waals surface area contributed by atoms with Crippen LogP contribution in [-0.2, 0) is 30.5 Å². The van der Waals surface area contributed by atoms with Gasteiger partial charge in [0.25, 0.3) is 5.91 Å². The Hall–Kier alpha value is -3.47. The summed E-state index contributed by atoms with van der Waals surface area (Å²) in [6.07, 6.45) is 3.26. The molecule has 1 heterocycles. The zero-order valence-electron chi connectivity index (χ0n) is 27.8. The Morgan fingerprint density at radius 1 is 1.02 bits per heavy atom. The van der Waals surface area contributed by atoms with Crippen molar-refractivity contribution in [1.29, 1.82) is 0 Å². The monoisotopic (exact) mass is 625 g/mol. The second-order valence-electron chi connectivity index (χ2n) is 15.5. The van der Waals surface area contributed by atoms with E-state index in [1.54, 1.807) is 4.90 Å². The number of nitrogens with zero attached hydrogens (tertiary/aromatic N) is 1. The maximum atomic E-state index is 14.2. The topological polar surface area (TPSA) is 160 Å². The highest BCUT2D eigenvalue weighted by Crippen LogP contribution is 2.65. The van der Waals surface area contributed by atoms with Crippen molar-refractivity contribution in [2.45, 2.75) is 104 Å². The second kappa shape index (κ2) is 13.1. The van der Waals surface area contributed by atoms with Crippen molar-refractivity contribution in [3.63, 3.8) is 0 Å². The van der Waals surface area contributed by atoms with Crippen molar-refractivity contribution < 1.29 is 28.7 Å². The lowest BCUT2D eigenvalue weighted by Gasteiger charge is -2.38. The van der Waals surface area contributed by atoms with E-state index in [1.165, 1.54) is 0 Å². The fourth-order valence-electron chi connectivity index (χ4n) is 6.86. The first-order valence-corrected chi connectivity index (χ1v) is 16.1. The molecule has 1 saturated heterocycles. The normalized spacial score (nSPS) is 23.6. The number of Topliss-reactive ketones (excluding diaryl/α,β-unsaturated/α-hetero) is 1. The second-order valence-corrected chi connectivity index (χ2v) is 15.5. The van der Waals surface area contributed by atoms with Crippen molar-refractivity contribution in [3.05, 3.63) is 35.9 Å². The number of urea groups is 1. The van der Waals surface area contributed by atoms with Crippen LogP contribution in [0.1, 0.15) is 79.7 Å². The number of carbonyl (C=O) groups excluding carboxylic acids is 5. The average molecular weight is 626 g/mol. The molecule has 5 N–H and O–H groups in total. The van der Waals surface area contributed by atoms with Gasteiger partial charge in [-0.3, -0.25) is 19.2 Å². The number of amides is 5. The number of piperidine rings is 1. The van der Waals surface area contributed by atoms with E-state index in [0.717, 1.165) is 24.8 Å². The molecular formula is C34H51N5O6. The molecule has 5 atom stereocenters. The van der Waals surface area contributed by atoms with Crippen LogP contribution in [0.15, 0.2) is 30.3 Å². The van der Waals surface area contributed by atoms with Crippen molar-refractivity contribution in [1.82, 2.24) is 20.9 Å². The van der Waals surface area contributed by atoms with E-state index in [2.05, 4.69) is 29.8 Å². The van der Waals surface area contributed by atoms with Crippen molar-refractivity contribution >= 4 is 29.5 Å². The van der Waals surface area contributed by atoms with E-state index in [1.807, 2.05) is 65.0 Å². The highest BCUT2D eigenvalue weighted by Gasteiger charge is 2.70. The summed E-state index contributed by atoms with van der Waals surface area (Å²) in [5.74, 6) is -2.50. The summed E-state index contributed by atoms with van der Waals surface area (Å²) in [5, 5.41) is 8.61. The highest BCUT2D eigenvalue weighted by molar-refractivity contribution is 6.37. The predicted molar refractivity (Wildman–Crippen MR) is 169 cm³/mol. The van der Waals surface area contributed by atoms with Crippen molar-refractivity contribution in [2.24, 2.45) is 34.3 Å².